The van der Waals surface area contributed by atoms with Gasteiger partial charge in [0, 0.05) is 18.0 Å². The first-order valence-electron chi connectivity index (χ1n) is 9.67. The lowest BCUT2D eigenvalue weighted by Crippen LogP contribution is -2.25. The Morgan fingerprint density at radius 3 is 2.36 bits per heavy atom. The van der Waals surface area contributed by atoms with Crippen LogP contribution in [0.25, 0.3) is 0 Å². The molecule has 0 aliphatic rings. The largest absolute Gasteiger partial charge is 0.494 e. The number of hydrogen-bond donors (Lipinski definition) is 1. The molecule has 3 aromatic rings. The molecule has 7 nitrogen and oxygen atoms in total. The van der Waals surface area contributed by atoms with Gasteiger partial charge in [0.15, 0.2) is 29.0 Å². The number of anilines is 2. The van der Waals surface area contributed by atoms with Crippen molar-refractivity contribution in [3.63, 3.8) is 0 Å². The van der Waals surface area contributed by atoms with Gasteiger partial charge in [0.1, 0.15) is 5.56 Å². The number of esters is 1. The Labute approximate surface area is 185 Å². The lowest BCUT2D eigenvalue weighted by atomic mass is 10.2. The number of benzene rings is 2. The number of hydrogen-bond acceptors (Lipinski definition) is 6. The Kier molecular flexibility index (Phi) is 7.00. The summed E-state index contributed by atoms with van der Waals surface area (Å²) in [6.45, 7) is 2.84. The van der Waals surface area contributed by atoms with Crippen molar-refractivity contribution in [2.24, 2.45) is 0 Å². The zero-order valence-corrected chi connectivity index (χ0v) is 17.8. The minimum atomic E-state index is -1.63. The average molecular weight is 465 g/mol. The number of nitrogens with one attached hydrogen (secondary N) is 1. The van der Waals surface area contributed by atoms with Crippen molar-refractivity contribution >= 4 is 17.6 Å². The monoisotopic (exact) mass is 465 g/mol. The van der Waals surface area contributed by atoms with Crippen LogP contribution in [0.2, 0.25) is 0 Å². The predicted octanol–water partition coefficient (Wildman–Crippen LogP) is 4.09. The molecule has 1 heterocycles. The molecular formula is C22H19F4N3O4. The maximum atomic E-state index is 13.9. The molecule has 0 spiro atoms. The van der Waals surface area contributed by atoms with Gasteiger partial charge in [0.2, 0.25) is 5.95 Å². The molecule has 3 rings (SSSR count). The number of carbonyl (C=O) groups excluding carboxylic acids is 1. The lowest BCUT2D eigenvalue weighted by Gasteiger charge is -2.17. The molecule has 1 N–H and O–H groups in total. The highest BCUT2D eigenvalue weighted by molar-refractivity contribution is 5.88. The second-order valence-corrected chi connectivity index (χ2v) is 6.93. The van der Waals surface area contributed by atoms with E-state index in [4.69, 9.17) is 9.47 Å². The number of methoxy groups -OCH3 is 1. The van der Waals surface area contributed by atoms with Crippen LogP contribution < -0.4 is 15.6 Å². The number of ether oxygens (including phenoxy) is 2. The zero-order chi connectivity index (χ0) is 24.3. The molecule has 0 saturated heterocycles. The van der Waals surface area contributed by atoms with Gasteiger partial charge in [-0.1, -0.05) is 0 Å². The van der Waals surface area contributed by atoms with Gasteiger partial charge >= 0.3 is 5.97 Å². The molecule has 2 aromatic carbocycles. The molecule has 0 atom stereocenters. The molecule has 0 aliphatic heterocycles. The highest BCUT2D eigenvalue weighted by Gasteiger charge is 2.19. The van der Waals surface area contributed by atoms with Crippen LogP contribution in [0.15, 0.2) is 35.3 Å². The normalized spacial score (nSPS) is 10.8. The van der Waals surface area contributed by atoms with E-state index in [9.17, 15) is 27.2 Å². The highest BCUT2D eigenvalue weighted by atomic mass is 19.2. The molecule has 0 bridgehead atoms. The molecule has 0 aliphatic carbocycles. The van der Waals surface area contributed by atoms with Crippen LogP contribution in [0.4, 0.5) is 29.2 Å². The number of aryl methyl sites for hydroxylation is 1. The van der Waals surface area contributed by atoms with E-state index >= 15 is 0 Å². The summed E-state index contributed by atoms with van der Waals surface area (Å²) in [6.07, 6.45) is 1.10. The van der Waals surface area contributed by atoms with Crippen LogP contribution in [-0.2, 0) is 11.3 Å². The Balaban J connectivity index is 2.12. The Morgan fingerprint density at radius 1 is 1.09 bits per heavy atom. The first kappa shape index (κ1) is 23.8. The van der Waals surface area contributed by atoms with E-state index in [-0.39, 0.29) is 30.4 Å². The quantitative estimate of drug-likeness (QED) is 0.322. The fourth-order valence-electron chi connectivity index (χ4n) is 3.02. The van der Waals surface area contributed by atoms with Crippen LogP contribution >= 0.6 is 0 Å². The van der Waals surface area contributed by atoms with Crippen LogP contribution in [0.3, 0.4) is 0 Å². The second-order valence-electron chi connectivity index (χ2n) is 6.93. The van der Waals surface area contributed by atoms with Crippen molar-refractivity contribution in [3.05, 3.63) is 80.8 Å². The lowest BCUT2D eigenvalue weighted by molar-refractivity contribution is 0.0523. The van der Waals surface area contributed by atoms with E-state index in [0.29, 0.717) is 11.3 Å². The van der Waals surface area contributed by atoms with Gasteiger partial charge in [0.25, 0.3) is 5.56 Å². The van der Waals surface area contributed by atoms with Crippen LogP contribution in [0, 0.1) is 30.2 Å². The van der Waals surface area contributed by atoms with Crippen molar-refractivity contribution in [3.8, 4) is 5.75 Å². The minimum Gasteiger partial charge on any atom is -0.494 e. The molecule has 11 heteroatoms. The molecule has 174 valence electrons. The predicted molar refractivity (Wildman–Crippen MR) is 111 cm³/mol. The Bertz CT molecular complexity index is 1250. The van der Waals surface area contributed by atoms with Crippen molar-refractivity contribution in [2.45, 2.75) is 20.4 Å². The van der Waals surface area contributed by atoms with E-state index in [1.807, 2.05) is 0 Å². The Hall–Kier alpha value is -3.89. The number of halogens is 4. The van der Waals surface area contributed by atoms with Crippen molar-refractivity contribution in [1.29, 1.82) is 0 Å². The maximum Gasteiger partial charge on any atom is 0.345 e. The molecule has 0 fully saturated rings. The first-order chi connectivity index (χ1) is 15.6. The fraction of sp³-hybridized carbons (Fsp3) is 0.227. The summed E-state index contributed by atoms with van der Waals surface area (Å²) in [5.41, 5.74) is -0.603. The third kappa shape index (κ3) is 5.13. The van der Waals surface area contributed by atoms with Crippen LogP contribution in [0.5, 0.6) is 5.75 Å². The van der Waals surface area contributed by atoms with E-state index < -0.39 is 40.4 Å². The van der Waals surface area contributed by atoms with E-state index in [1.165, 1.54) is 23.8 Å². The number of rotatable bonds is 7. The van der Waals surface area contributed by atoms with Crippen molar-refractivity contribution < 1.29 is 31.8 Å². The zero-order valence-electron chi connectivity index (χ0n) is 17.8. The molecule has 0 radical (unpaired) electrons. The Morgan fingerprint density at radius 2 is 1.76 bits per heavy atom. The smallest absolute Gasteiger partial charge is 0.345 e. The summed E-state index contributed by atoms with van der Waals surface area (Å²) in [4.78, 5) is 28.4. The number of aromatic nitrogens is 2. The van der Waals surface area contributed by atoms with E-state index in [1.54, 1.807) is 13.8 Å². The third-order valence-corrected chi connectivity index (χ3v) is 4.63. The summed E-state index contributed by atoms with van der Waals surface area (Å²) < 4.78 is 65.7. The summed E-state index contributed by atoms with van der Waals surface area (Å²) in [7, 11) is 1.28. The average Bonchev–Trinajstić information content (AvgIpc) is 2.75. The molecular weight excluding hydrogens is 446 g/mol. The van der Waals surface area contributed by atoms with Crippen LogP contribution in [-0.4, -0.2) is 29.2 Å². The number of nitrogens with zero attached hydrogens (tertiary/aromatic N) is 2. The van der Waals surface area contributed by atoms with E-state index in [2.05, 4.69) is 10.3 Å². The van der Waals surface area contributed by atoms with Gasteiger partial charge in [0.05, 0.1) is 20.3 Å². The minimum absolute atomic E-state index is 0.00122. The van der Waals surface area contributed by atoms with E-state index in [0.717, 1.165) is 18.3 Å². The summed E-state index contributed by atoms with van der Waals surface area (Å²) in [6, 6.07) is 4.08. The summed E-state index contributed by atoms with van der Waals surface area (Å²) >= 11 is 0. The van der Waals surface area contributed by atoms with Gasteiger partial charge in [-0.3, -0.25) is 4.79 Å². The van der Waals surface area contributed by atoms with Gasteiger partial charge in [-0.05, 0) is 43.2 Å². The molecule has 33 heavy (non-hydrogen) atoms. The first-order valence-corrected chi connectivity index (χ1v) is 9.67. The molecule has 1 aromatic heterocycles. The molecule has 0 amide bonds. The van der Waals surface area contributed by atoms with Crippen molar-refractivity contribution in [2.75, 3.05) is 19.0 Å². The molecule has 0 saturated carbocycles. The topological polar surface area (TPSA) is 82.4 Å². The van der Waals surface area contributed by atoms with Gasteiger partial charge in [-0.15, -0.1) is 0 Å². The summed E-state index contributed by atoms with van der Waals surface area (Å²) in [5, 5.41) is 2.83. The number of carbonyl (C=O) groups is 1. The van der Waals surface area contributed by atoms with Gasteiger partial charge < -0.3 is 19.4 Å². The second kappa shape index (κ2) is 9.72. The SMILES string of the molecule is CCOC(=O)c1cn(Cc2cc(F)c(F)c(F)c2)c(Nc2cc(OC)c(F)cc2C)nc1=O. The van der Waals surface area contributed by atoms with Crippen molar-refractivity contribution in [1.82, 2.24) is 9.55 Å². The third-order valence-electron chi connectivity index (χ3n) is 4.63. The standard InChI is InChI=1S/C22H19F4N3O4/c1-4-33-21(31)13-10-29(9-12-6-15(24)19(26)16(25)7-12)22(28-20(13)30)27-17-8-18(32-3)14(23)5-11(17)2/h5-8,10H,4,9H2,1-3H3,(H,27,28,30). The summed E-state index contributed by atoms with van der Waals surface area (Å²) in [5.74, 6) is -6.20. The van der Waals surface area contributed by atoms with Crippen LogP contribution in [0.1, 0.15) is 28.4 Å². The van der Waals surface area contributed by atoms with Gasteiger partial charge in [-0.25, -0.2) is 22.4 Å². The fourth-order valence-corrected chi connectivity index (χ4v) is 3.02. The maximum absolute atomic E-state index is 13.9. The van der Waals surface area contributed by atoms with Gasteiger partial charge in [-0.2, -0.15) is 4.98 Å². The highest BCUT2D eigenvalue weighted by Crippen LogP contribution is 2.28. The molecule has 0 unspecified atom stereocenters.